The van der Waals surface area contributed by atoms with Crippen molar-refractivity contribution in [2.75, 3.05) is 6.54 Å². The number of carbonyl (C=O) groups is 2. The predicted molar refractivity (Wildman–Crippen MR) is 39.3 cm³/mol. The lowest BCUT2D eigenvalue weighted by Gasteiger charge is -2.08. The Balaban J connectivity index is 4.13. The van der Waals surface area contributed by atoms with Gasteiger partial charge in [-0.15, -0.1) is 0 Å². The van der Waals surface area contributed by atoms with E-state index in [0.29, 0.717) is 0 Å². The van der Waals surface area contributed by atoms with Crippen LogP contribution >= 0.6 is 0 Å². The van der Waals surface area contributed by atoms with Gasteiger partial charge in [0.2, 0.25) is 5.91 Å². The van der Waals surface area contributed by atoms with Gasteiger partial charge in [0.25, 0.3) is 0 Å². The maximum absolute atomic E-state index is 10.4. The Labute approximate surface area is 68.0 Å². The molecule has 0 spiro atoms. The molecule has 0 saturated carbocycles. The smallest absolute Gasteiger partial charge is 0.326 e. The SMILES string of the molecule is CC(=O)NC(CN=[N+]=[N-])C(=O)O. The molecule has 1 unspecified atom stereocenters. The van der Waals surface area contributed by atoms with Crippen molar-refractivity contribution in [1.29, 1.82) is 0 Å². The zero-order valence-corrected chi connectivity index (χ0v) is 6.39. The van der Waals surface area contributed by atoms with Gasteiger partial charge in [0, 0.05) is 11.8 Å². The number of nitrogens with one attached hydrogen (secondary N) is 1. The highest BCUT2D eigenvalue weighted by atomic mass is 16.4. The molecular weight excluding hydrogens is 164 g/mol. The molecule has 66 valence electrons. The van der Waals surface area contributed by atoms with Crippen LogP contribution in [0.5, 0.6) is 0 Å². The number of carboxylic acid groups (broad SMARTS) is 1. The molecule has 0 rings (SSSR count). The first-order valence-electron chi connectivity index (χ1n) is 3.08. The van der Waals surface area contributed by atoms with Crippen molar-refractivity contribution < 1.29 is 14.7 Å². The second-order valence-electron chi connectivity index (χ2n) is 2.00. The molecule has 0 heterocycles. The lowest BCUT2D eigenvalue weighted by molar-refractivity contribution is -0.141. The fourth-order valence-corrected chi connectivity index (χ4v) is 0.549. The topological polar surface area (TPSA) is 115 Å². The largest absolute Gasteiger partial charge is 0.480 e. The third-order valence-electron chi connectivity index (χ3n) is 1.00. The Morgan fingerprint density at radius 1 is 1.75 bits per heavy atom. The second-order valence-corrected chi connectivity index (χ2v) is 2.00. The van der Waals surface area contributed by atoms with Gasteiger partial charge in [-0.25, -0.2) is 4.79 Å². The molecule has 0 fully saturated rings. The summed E-state index contributed by atoms with van der Waals surface area (Å²) >= 11 is 0. The van der Waals surface area contributed by atoms with Crippen molar-refractivity contribution in [2.45, 2.75) is 13.0 Å². The standard InChI is InChI=1S/C5H8N4O3/c1-3(10)8-4(5(11)12)2-7-9-6/h4H,2H2,1H3,(H,8,10)(H,11,12). The molecule has 0 aliphatic carbocycles. The molecule has 7 nitrogen and oxygen atoms in total. The molecule has 7 heteroatoms. The van der Waals surface area contributed by atoms with Crippen molar-refractivity contribution >= 4 is 11.9 Å². The van der Waals surface area contributed by atoms with Gasteiger partial charge in [-0.2, -0.15) is 0 Å². The summed E-state index contributed by atoms with van der Waals surface area (Å²) in [6.45, 7) is 0.900. The third-order valence-corrected chi connectivity index (χ3v) is 1.00. The maximum Gasteiger partial charge on any atom is 0.326 e. The quantitative estimate of drug-likeness (QED) is 0.350. The van der Waals surface area contributed by atoms with Crippen molar-refractivity contribution in [3.8, 4) is 0 Å². The Bertz CT molecular complexity index is 229. The predicted octanol–water partition coefficient (Wildman–Crippen LogP) is -0.114. The van der Waals surface area contributed by atoms with Crippen LogP contribution < -0.4 is 5.32 Å². The Hall–Kier alpha value is -1.75. The van der Waals surface area contributed by atoms with Crippen molar-refractivity contribution in [2.24, 2.45) is 5.11 Å². The number of carboxylic acids is 1. The Kier molecular flexibility index (Phi) is 4.25. The second kappa shape index (κ2) is 4.97. The van der Waals surface area contributed by atoms with Crippen LogP contribution in [0.2, 0.25) is 0 Å². The fraction of sp³-hybridized carbons (Fsp3) is 0.600. The number of aliphatic carboxylic acids is 1. The normalized spacial score (nSPS) is 11.1. The molecule has 0 aliphatic heterocycles. The molecule has 12 heavy (non-hydrogen) atoms. The lowest BCUT2D eigenvalue weighted by Crippen LogP contribution is -2.41. The lowest BCUT2D eigenvalue weighted by atomic mass is 10.3. The van der Waals surface area contributed by atoms with Gasteiger partial charge in [0.05, 0.1) is 6.54 Å². The van der Waals surface area contributed by atoms with Gasteiger partial charge in [0.1, 0.15) is 6.04 Å². The molecule has 0 aromatic carbocycles. The van der Waals surface area contributed by atoms with E-state index in [1.54, 1.807) is 0 Å². The molecular formula is C5H8N4O3. The fourth-order valence-electron chi connectivity index (χ4n) is 0.549. The molecule has 0 bridgehead atoms. The van der Waals surface area contributed by atoms with Crippen LogP contribution in [-0.4, -0.2) is 29.6 Å². The van der Waals surface area contributed by atoms with Gasteiger partial charge in [-0.05, 0) is 5.53 Å². The molecule has 1 amide bonds. The number of hydrogen-bond acceptors (Lipinski definition) is 3. The highest BCUT2D eigenvalue weighted by molar-refractivity contribution is 5.82. The highest BCUT2D eigenvalue weighted by Crippen LogP contribution is 1.86. The van der Waals surface area contributed by atoms with Gasteiger partial charge < -0.3 is 10.4 Å². The van der Waals surface area contributed by atoms with Crippen LogP contribution in [-0.2, 0) is 9.59 Å². The summed E-state index contributed by atoms with van der Waals surface area (Å²) in [5.41, 5.74) is 7.88. The van der Waals surface area contributed by atoms with E-state index in [1.807, 2.05) is 0 Å². The summed E-state index contributed by atoms with van der Waals surface area (Å²) in [5, 5.41) is 13.6. The zero-order valence-electron chi connectivity index (χ0n) is 6.39. The molecule has 0 aromatic heterocycles. The Morgan fingerprint density at radius 2 is 2.33 bits per heavy atom. The summed E-state index contributed by atoms with van der Waals surface area (Å²) < 4.78 is 0. The van der Waals surface area contributed by atoms with Gasteiger partial charge in [-0.1, -0.05) is 5.11 Å². The van der Waals surface area contributed by atoms with Crippen molar-refractivity contribution in [3.05, 3.63) is 10.4 Å². The Morgan fingerprint density at radius 3 is 2.67 bits per heavy atom. The summed E-state index contributed by atoms with van der Waals surface area (Å²) in [7, 11) is 0. The van der Waals surface area contributed by atoms with Crippen LogP contribution in [0.3, 0.4) is 0 Å². The number of azide groups is 1. The van der Waals surface area contributed by atoms with E-state index in [-0.39, 0.29) is 6.54 Å². The number of carbonyl (C=O) groups excluding carboxylic acids is 1. The van der Waals surface area contributed by atoms with E-state index in [2.05, 4.69) is 15.3 Å². The average Bonchev–Trinajstić information content (AvgIpc) is 1.96. The molecule has 0 radical (unpaired) electrons. The monoisotopic (exact) mass is 172 g/mol. The van der Waals surface area contributed by atoms with Crippen LogP contribution in [0.1, 0.15) is 6.92 Å². The molecule has 0 saturated heterocycles. The molecule has 0 aliphatic rings. The zero-order chi connectivity index (χ0) is 9.56. The van der Waals surface area contributed by atoms with Crippen molar-refractivity contribution in [3.63, 3.8) is 0 Å². The number of hydrogen-bond donors (Lipinski definition) is 2. The number of rotatable bonds is 4. The van der Waals surface area contributed by atoms with Crippen LogP contribution in [0, 0.1) is 0 Å². The molecule has 0 aromatic rings. The van der Waals surface area contributed by atoms with Crippen LogP contribution in [0.15, 0.2) is 5.11 Å². The average molecular weight is 172 g/mol. The summed E-state index contributed by atoms with van der Waals surface area (Å²) in [6, 6.07) is -1.14. The molecule has 1 atom stereocenters. The summed E-state index contributed by atoms with van der Waals surface area (Å²) in [4.78, 5) is 23.1. The first-order chi connectivity index (χ1) is 5.57. The third kappa shape index (κ3) is 4.13. The first kappa shape index (κ1) is 10.2. The number of nitrogens with zero attached hydrogens (tertiary/aromatic N) is 3. The summed E-state index contributed by atoms with van der Waals surface area (Å²) in [5.74, 6) is -1.70. The van der Waals surface area contributed by atoms with E-state index in [4.69, 9.17) is 10.6 Å². The minimum Gasteiger partial charge on any atom is -0.480 e. The van der Waals surface area contributed by atoms with Crippen molar-refractivity contribution in [1.82, 2.24) is 5.32 Å². The van der Waals surface area contributed by atoms with Gasteiger partial charge in [-0.3, -0.25) is 4.79 Å². The van der Waals surface area contributed by atoms with E-state index in [0.717, 1.165) is 0 Å². The highest BCUT2D eigenvalue weighted by Gasteiger charge is 2.16. The minimum atomic E-state index is -1.22. The van der Waals surface area contributed by atoms with Gasteiger partial charge in [0.15, 0.2) is 0 Å². The van der Waals surface area contributed by atoms with E-state index >= 15 is 0 Å². The van der Waals surface area contributed by atoms with Gasteiger partial charge >= 0.3 is 5.97 Å². The van der Waals surface area contributed by atoms with E-state index in [1.165, 1.54) is 6.92 Å². The minimum absolute atomic E-state index is 0.286. The maximum atomic E-state index is 10.4. The summed E-state index contributed by atoms with van der Waals surface area (Å²) in [6.07, 6.45) is 0. The van der Waals surface area contributed by atoms with E-state index < -0.39 is 17.9 Å². The number of amides is 1. The molecule has 2 N–H and O–H groups in total. The van der Waals surface area contributed by atoms with Crippen LogP contribution in [0.4, 0.5) is 0 Å². The van der Waals surface area contributed by atoms with Crippen LogP contribution in [0.25, 0.3) is 10.4 Å². The first-order valence-corrected chi connectivity index (χ1v) is 3.08. The van der Waals surface area contributed by atoms with E-state index in [9.17, 15) is 9.59 Å².